The van der Waals surface area contributed by atoms with Gasteiger partial charge in [0.2, 0.25) is 0 Å². The van der Waals surface area contributed by atoms with Crippen LogP contribution in [0.2, 0.25) is 0 Å². The Kier molecular flexibility index (Phi) is 4.13. The maximum atomic E-state index is 14.6. The van der Waals surface area contributed by atoms with Crippen molar-refractivity contribution in [3.8, 4) is 11.5 Å². The largest absolute Gasteiger partial charge is 0.433 e. The van der Waals surface area contributed by atoms with E-state index in [1.54, 1.807) is 0 Å². The van der Waals surface area contributed by atoms with Gasteiger partial charge in [-0.05, 0) is 12.8 Å². The molecule has 2 fully saturated rings. The van der Waals surface area contributed by atoms with Crippen LogP contribution >= 0.6 is 0 Å². The topological polar surface area (TPSA) is 120 Å². The van der Waals surface area contributed by atoms with Crippen molar-refractivity contribution in [1.82, 2.24) is 24.2 Å². The van der Waals surface area contributed by atoms with Gasteiger partial charge in [-0.15, -0.1) is 0 Å². The molecule has 29 heavy (non-hydrogen) atoms. The molecule has 2 N–H and O–H groups in total. The Morgan fingerprint density at radius 1 is 1.28 bits per heavy atom. The first-order valence-electron chi connectivity index (χ1n) is 8.38. The monoisotopic (exact) mass is 442 g/mol. The van der Waals surface area contributed by atoms with Crippen molar-refractivity contribution in [3.05, 3.63) is 17.7 Å². The molecule has 2 aromatic rings. The van der Waals surface area contributed by atoms with Crippen molar-refractivity contribution >= 4 is 10.2 Å². The van der Waals surface area contributed by atoms with Crippen LogP contribution in [0.3, 0.4) is 0 Å². The van der Waals surface area contributed by atoms with Crippen LogP contribution in [0.4, 0.5) is 22.0 Å². The van der Waals surface area contributed by atoms with Crippen LogP contribution in [0.25, 0.3) is 11.5 Å². The number of nitrogens with zero attached hydrogens (tertiary/aromatic N) is 5. The lowest BCUT2D eigenvalue weighted by molar-refractivity contribution is -0.143. The summed E-state index contributed by atoms with van der Waals surface area (Å²) in [6.45, 7) is -0.396. The maximum Gasteiger partial charge on any atom is 0.433 e. The molecule has 15 heteroatoms. The van der Waals surface area contributed by atoms with Crippen molar-refractivity contribution in [2.75, 3.05) is 13.1 Å². The van der Waals surface area contributed by atoms with Gasteiger partial charge < -0.3 is 4.52 Å². The highest BCUT2D eigenvalue weighted by Crippen LogP contribution is 2.75. The zero-order valence-electron chi connectivity index (χ0n) is 14.8. The van der Waals surface area contributed by atoms with E-state index in [1.165, 1.54) is 0 Å². The molecular weight excluding hydrogens is 427 g/mol. The fourth-order valence-electron chi connectivity index (χ4n) is 4.07. The Hall–Kier alpha value is -2.13. The summed E-state index contributed by atoms with van der Waals surface area (Å²) in [6.07, 6.45) is -4.27. The predicted molar refractivity (Wildman–Crippen MR) is 85.5 cm³/mol. The molecule has 9 nitrogen and oxygen atoms in total. The lowest BCUT2D eigenvalue weighted by Gasteiger charge is -2.30. The van der Waals surface area contributed by atoms with Crippen molar-refractivity contribution < 1.29 is 34.9 Å². The third-order valence-electron chi connectivity index (χ3n) is 5.61. The summed E-state index contributed by atoms with van der Waals surface area (Å²) in [4.78, 5) is 3.78. The first kappa shape index (κ1) is 20.2. The van der Waals surface area contributed by atoms with Crippen LogP contribution in [-0.2, 0) is 23.4 Å². The van der Waals surface area contributed by atoms with Gasteiger partial charge in [0.15, 0.2) is 11.5 Å². The molecule has 2 aromatic heterocycles. The molecule has 2 aliphatic rings. The smallest absolute Gasteiger partial charge is 0.334 e. The first-order chi connectivity index (χ1) is 13.3. The molecule has 0 bridgehead atoms. The van der Waals surface area contributed by atoms with Gasteiger partial charge in [0.05, 0.1) is 23.1 Å². The molecule has 1 saturated carbocycles. The summed E-state index contributed by atoms with van der Waals surface area (Å²) in [6, 6.07) is 0. The fraction of sp³-hybridized carbons (Fsp3) is 0.643. The van der Waals surface area contributed by atoms with E-state index in [0.717, 1.165) is 17.5 Å². The normalized spacial score (nSPS) is 24.2. The van der Waals surface area contributed by atoms with E-state index in [0.29, 0.717) is 4.68 Å². The number of halogens is 5. The summed E-state index contributed by atoms with van der Waals surface area (Å²) < 4.78 is 97.9. The van der Waals surface area contributed by atoms with Crippen LogP contribution in [0.5, 0.6) is 0 Å². The molecule has 1 atom stereocenters. The van der Waals surface area contributed by atoms with E-state index in [2.05, 4.69) is 15.2 Å². The molecule has 160 valence electrons. The van der Waals surface area contributed by atoms with Gasteiger partial charge in [-0.1, -0.05) is 5.16 Å². The highest BCUT2D eigenvalue weighted by atomic mass is 32.2. The van der Waals surface area contributed by atoms with Gasteiger partial charge in [0, 0.05) is 20.1 Å². The lowest BCUT2D eigenvalue weighted by atomic mass is 9.91. The predicted octanol–water partition coefficient (Wildman–Crippen LogP) is 1.51. The Labute approximate surface area is 160 Å². The summed E-state index contributed by atoms with van der Waals surface area (Å²) in [5.41, 5.74) is -3.25. The minimum atomic E-state index is -4.76. The van der Waals surface area contributed by atoms with Gasteiger partial charge in [0.25, 0.3) is 22.0 Å². The molecule has 0 radical (unpaired) electrons. The van der Waals surface area contributed by atoms with E-state index < -0.39 is 56.6 Å². The second-order valence-electron chi connectivity index (χ2n) is 7.14. The number of alkyl halides is 5. The summed E-state index contributed by atoms with van der Waals surface area (Å²) >= 11 is 0. The Balaban J connectivity index is 1.62. The average Bonchev–Trinajstić information content (AvgIpc) is 3.00. The van der Waals surface area contributed by atoms with E-state index >= 15 is 0 Å². The van der Waals surface area contributed by atoms with Crippen molar-refractivity contribution in [3.63, 3.8) is 0 Å². The second kappa shape index (κ2) is 5.95. The molecular formula is C14H15F5N6O3S. The molecule has 1 aliphatic heterocycles. The quantitative estimate of drug-likeness (QED) is 0.720. The van der Waals surface area contributed by atoms with Crippen LogP contribution in [-0.4, -0.2) is 51.7 Å². The van der Waals surface area contributed by atoms with Crippen molar-refractivity contribution in [2.45, 2.75) is 30.9 Å². The van der Waals surface area contributed by atoms with E-state index in [1.807, 2.05) is 0 Å². The van der Waals surface area contributed by atoms with E-state index in [9.17, 15) is 30.4 Å². The van der Waals surface area contributed by atoms with Crippen LogP contribution < -0.4 is 5.14 Å². The van der Waals surface area contributed by atoms with Gasteiger partial charge >= 0.3 is 6.18 Å². The number of aromatic nitrogens is 4. The summed E-state index contributed by atoms with van der Waals surface area (Å²) in [5, 5.41) is 12.0. The highest BCUT2D eigenvalue weighted by Gasteiger charge is 2.82. The molecule has 1 saturated heterocycles. The number of rotatable bonds is 3. The van der Waals surface area contributed by atoms with Crippen molar-refractivity contribution in [2.24, 2.45) is 17.6 Å². The van der Waals surface area contributed by atoms with Gasteiger partial charge in [-0.2, -0.15) is 36.0 Å². The van der Waals surface area contributed by atoms with Gasteiger partial charge in [-0.3, -0.25) is 4.68 Å². The third-order valence-corrected chi connectivity index (χ3v) is 6.69. The maximum absolute atomic E-state index is 14.6. The Morgan fingerprint density at radius 3 is 2.45 bits per heavy atom. The molecule has 1 spiro atoms. The SMILES string of the molecule is Cn1ncc(-c2nc([C@@H]3C(F)(F)C34CCN(S(N)(=O)=O)CC4)no2)c1C(F)(F)F. The zero-order chi connectivity index (χ0) is 21.4. The molecule has 0 unspecified atom stereocenters. The number of piperidine rings is 1. The van der Waals surface area contributed by atoms with E-state index in [4.69, 9.17) is 9.66 Å². The molecule has 0 aromatic carbocycles. The molecule has 0 amide bonds. The summed E-state index contributed by atoms with van der Waals surface area (Å²) in [7, 11) is -2.92. The minimum Gasteiger partial charge on any atom is -0.334 e. The zero-order valence-corrected chi connectivity index (χ0v) is 15.6. The Bertz CT molecular complexity index is 1050. The number of hydrogen-bond acceptors (Lipinski definition) is 6. The van der Waals surface area contributed by atoms with E-state index in [-0.39, 0.29) is 25.9 Å². The molecule has 1 aliphatic carbocycles. The number of hydrogen-bond donors (Lipinski definition) is 1. The van der Waals surface area contributed by atoms with Crippen LogP contribution in [0.15, 0.2) is 10.7 Å². The Morgan fingerprint density at radius 2 is 1.90 bits per heavy atom. The number of nitrogens with two attached hydrogens (primary N) is 1. The number of aryl methyl sites for hydroxylation is 1. The standard InChI is InChI=1S/C14H15F5N6O3S/c1-24-9(14(17,18)19)7(6-21-24)11-22-10(23-28-11)8-12(13(8,15)16)2-4-25(5-3-12)29(20,26)27/h6,8H,2-5H2,1H3,(H2,20,26,27)/t8-/m0/s1. The molecule has 4 rings (SSSR count). The first-order valence-corrected chi connectivity index (χ1v) is 9.88. The fourth-order valence-corrected chi connectivity index (χ4v) is 4.76. The van der Waals surface area contributed by atoms with Crippen molar-refractivity contribution in [1.29, 1.82) is 0 Å². The minimum absolute atomic E-state index is 0.189. The van der Waals surface area contributed by atoms with Crippen LogP contribution in [0.1, 0.15) is 30.3 Å². The lowest BCUT2D eigenvalue weighted by Crippen LogP contribution is -2.43. The highest BCUT2D eigenvalue weighted by molar-refractivity contribution is 7.86. The van der Waals surface area contributed by atoms with Gasteiger partial charge in [-0.25, -0.2) is 13.9 Å². The molecule has 3 heterocycles. The van der Waals surface area contributed by atoms with Gasteiger partial charge in [0.1, 0.15) is 0 Å². The third kappa shape index (κ3) is 2.93. The van der Waals surface area contributed by atoms with Crippen LogP contribution in [0, 0.1) is 5.41 Å². The second-order valence-corrected chi connectivity index (χ2v) is 8.69. The summed E-state index contributed by atoms with van der Waals surface area (Å²) in [5.74, 6) is -5.73. The average molecular weight is 442 g/mol.